The lowest BCUT2D eigenvalue weighted by atomic mass is 10.2. The summed E-state index contributed by atoms with van der Waals surface area (Å²) in [5, 5.41) is 3.30. The van der Waals surface area contributed by atoms with Crippen molar-refractivity contribution in [1.29, 1.82) is 0 Å². The third-order valence-electron chi connectivity index (χ3n) is 6.40. The first-order valence-electron chi connectivity index (χ1n) is 15.0. The molecule has 0 heterocycles. The topological polar surface area (TPSA) is 33.7 Å². The average Bonchev–Trinajstić information content (AvgIpc) is 3.10. The predicted molar refractivity (Wildman–Crippen MR) is 206 cm³/mol. The van der Waals surface area contributed by atoms with Gasteiger partial charge in [0.2, 0.25) is 0 Å². The first kappa shape index (κ1) is 35.7. The minimum atomic E-state index is 0. The first-order chi connectivity index (χ1) is 22.2. The van der Waals surface area contributed by atoms with Gasteiger partial charge in [0, 0.05) is 32.0 Å². The number of nitrogens with one attached hydrogen (secondary N) is 1. The first-order valence-corrected chi connectivity index (χ1v) is 16.1. The van der Waals surface area contributed by atoms with Crippen LogP contribution in [0.3, 0.4) is 0 Å². The van der Waals surface area contributed by atoms with Gasteiger partial charge in [-0.3, -0.25) is 0 Å². The van der Waals surface area contributed by atoms with E-state index < -0.39 is 0 Å². The van der Waals surface area contributed by atoms with Gasteiger partial charge in [-0.05, 0) is 134 Å². The smallest absolute Gasteiger partial charge is 0.119 e. The highest BCUT2D eigenvalue weighted by Gasteiger charge is 2.11. The van der Waals surface area contributed by atoms with Crippen molar-refractivity contribution < 1.29 is 9.47 Å². The summed E-state index contributed by atoms with van der Waals surface area (Å²) in [6.45, 7) is 5.40. The van der Waals surface area contributed by atoms with Crippen molar-refractivity contribution in [3.05, 3.63) is 173 Å². The molecular formula is C41H43IN2O2. The number of anilines is 5. The molecule has 0 spiro atoms. The Hall–Kier alpha value is -4.75. The number of rotatable bonds is 9. The molecule has 0 aliphatic rings. The molecule has 5 heteroatoms. The molecule has 0 unspecified atom stereocenters. The SMILES string of the molecule is C.CCOc1ccc(I)cc1.CCOc1ccc(N(c2ccccc2)c2ccccc2)cc1.c1ccc(Nc2ccccc2)cc1. The second-order valence-corrected chi connectivity index (χ2v) is 10.9. The maximum Gasteiger partial charge on any atom is 0.119 e. The number of halogens is 1. The van der Waals surface area contributed by atoms with Crippen LogP contribution in [0, 0.1) is 3.57 Å². The lowest BCUT2D eigenvalue weighted by molar-refractivity contribution is 0.340. The van der Waals surface area contributed by atoms with E-state index in [1.165, 1.54) is 3.57 Å². The van der Waals surface area contributed by atoms with Crippen molar-refractivity contribution in [2.24, 2.45) is 0 Å². The summed E-state index contributed by atoms with van der Waals surface area (Å²) in [6.07, 6.45) is 0. The van der Waals surface area contributed by atoms with Crippen LogP contribution in [0.2, 0.25) is 0 Å². The zero-order valence-electron chi connectivity index (χ0n) is 25.7. The number of para-hydroxylation sites is 4. The van der Waals surface area contributed by atoms with Gasteiger partial charge in [0.05, 0.1) is 13.2 Å². The Labute approximate surface area is 288 Å². The largest absolute Gasteiger partial charge is 0.494 e. The van der Waals surface area contributed by atoms with Gasteiger partial charge in [-0.25, -0.2) is 0 Å². The van der Waals surface area contributed by atoms with Crippen molar-refractivity contribution in [1.82, 2.24) is 0 Å². The fraction of sp³-hybridized carbons (Fsp3) is 0.122. The quantitative estimate of drug-likeness (QED) is 0.151. The minimum absolute atomic E-state index is 0. The van der Waals surface area contributed by atoms with Gasteiger partial charge >= 0.3 is 0 Å². The number of nitrogens with zero attached hydrogens (tertiary/aromatic N) is 1. The maximum atomic E-state index is 5.53. The molecule has 0 bridgehead atoms. The van der Waals surface area contributed by atoms with E-state index in [9.17, 15) is 0 Å². The number of hydrogen-bond acceptors (Lipinski definition) is 4. The molecular weight excluding hydrogens is 679 g/mol. The van der Waals surface area contributed by atoms with Crippen molar-refractivity contribution in [3.63, 3.8) is 0 Å². The van der Waals surface area contributed by atoms with E-state index in [1.54, 1.807) is 0 Å². The van der Waals surface area contributed by atoms with Crippen molar-refractivity contribution in [3.8, 4) is 11.5 Å². The van der Waals surface area contributed by atoms with Crippen molar-refractivity contribution in [2.45, 2.75) is 21.3 Å². The summed E-state index contributed by atoms with van der Waals surface area (Å²) in [5.74, 6) is 1.84. The van der Waals surface area contributed by atoms with E-state index in [0.29, 0.717) is 6.61 Å². The highest BCUT2D eigenvalue weighted by atomic mass is 127. The van der Waals surface area contributed by atoms with Gasteiger partial charge in [-0.2, -0.15) is 0 Å². The van der Waals surface area contributed by atoms with Crippen LogP contribution in [0.5, 0.6) is 11.5 Å². The van der Waals surface area contributed by atoms with Crippen molar-refractivity contribution >= 4 is 51.0 Å². The van der Waals surface area contributed by atoms with Gasteiger partial charge in [0.25, 0.3) is 0 Å². The molecule has 0 aromatic heterocycles. The molecule has 1 N–H and O–H groups in total. The molecule has 236 valence electrons. The molecule has 0 radical (unpaired) electrons. The lowest BCUT2D eigenvalue weighted by Gasteiger charge is -2.25. The Morgan fingerprint density at radius 1 is 0.457 bits per heavy atom. The third kappa shape index (κ3) is 12.0. The van der Waals surface area contributed by atoms with Crippen LogP contribution in [0.15, 0.2) is 170 Å². The minimum Gasteiger partial charge on any atom is -0.494 e. The molecule has 6 aromatic carbocycles. The zero-order valence-corrected chi connectivity index (χ0v) is 27.9. The highest BCUT2D eigenvalue weighted by molar-refractivity contribution is 14.1. The summed E-state index contributed by atoms with van der Waals surface area (Å²) in [7, 11) is 0. The molecule has 6 aromatic rings. The molecule has 4 nitrogen and oxygen atoms in total. The molecule has 0 fully saturated rings. The van der Waals surface area contributed by atoms with Crippen LogP contribution in [0.4, 0.5) is 28.4 Å². The molecule has 46 heavy (non-hydrogen) atoms. The van der Waals surface area contributed by atoms with Crippen LogP contribution in [0.25, 0.3) is 0 Å². The Morgan fingerprint density at radius 2 is 0.783 bits per heavy atom. The number of benzene rings is 6. The molecule has 0 aliphatic heterocycles. The second-order valence-electron chi connectivity index (χ2n) is 9.68. The normalized spacial score (nSPS) is 9.63. The van der Waals surface area contributed by atoms with Crippen LogP contribution < -0.4 is 19.7 Å². The van der Waals surface area contributed by atoms with Crippen LogP contribution in [-0.2, 0) is 0 Å². The van der Waals surface area contributed by atoms with Crippen LogP contribution >= 0.6 is 22.6 Å². The Balaban J connectivity index is 0.000000204. The predicted octanol–water partition coefficient (Wildman–Crippen LogP) is 12.3. The number of hydrogen-bond donors (Lipinski definition) is 1. The summed E-state index contributed by atoms with van der Waals surface area (Å²) < 4.78 is 12.0. The molecule has 6 rings (SSSR count). The van der Waals surface area contributed by atoms with Gasteiger partial charge in [-0.15, -0.1) is 0 Å². The van der Waals surface area contributed by atoms with Gasteiger partial charge in [0.15, 0.2) is 0 Å². The van der Waals surface area contributed by atoms with E-state index in [4.69, 9.17) is 9.47 Å². The van der Waals surface area contributed by atoms with Gasteiger partial charge < -0.3 is 19.7 Å². The van der Waals surface area contributed by atoms with E-state index >= 15 is 0 Å². The zero-order chi connectivity index (χ0) is 31.5. The number of ether oxygens (including phenoxy) is 2. The van der Waals surface area contributed by atoms with Gasteiger partial charge in [0.1, 0.15) is 11.5 Å². The summed E-state index contributed by atoms with van der Waals surface area (Å²) >= 11 is 2.27. The molecule has 0 aliphatic carbocycles. The van der Waals surface area contributed by atoms with E-state index in [2.05, 4.69) is 93.5 Å². The highest BCUT2D eigenvalue weighted by Crippen LogP contribution is 2.34. The monoisotopic (exact) mass is 722 g/mol. The maximum absolute atomic E-state index is 5.53. The standard InChI is InChI=1S/C20H19NO.C12H11N.C8H9IO.CH4/c1-2-22-20-15-13-19(14-16-20)21(17-9-5-3-6-10-17)18-11-7-4-8-12-18;1-3-7-11(8-4-1)13-12-9-5-2-6-10-12;1-2-10-8-5-3-7(9)4-6-8;/h3-16H,2H2,1H3;1-10,13H;3-6H,2H2,1H3;1H4. The van der Waals surface area contributed by atoms with E-state index in [0.717, 1.165) is 46.5 Å². The fourth-order valence-corrected chi connectivity index (χ4v) is 4.73. The lowest BCUT2D eigenvalue weighted by Crippen LogP contribution is -2.09. The summed E-state index contributed by atoms with van der Waals surface area (Å²) in [4.78, 5) is 2.23. The Morgan fingerprint density at radius 3 is 1.15 bits per heavy atom. The van der Waals surface area contributed by atoms with Gasteiger partial charge in [-0.1, -0.05) is 80.2 Å². The van der Waals surface area contributed by atoms with Crippen LogP contribution in [-0.4, -0.2) is 13.2 Å². The van der Waals surface area contributed by atoms with Crippen LogP contribution in [0.1, 0.15) is 21.3 Å². The fourth-order valence-electron chi connectivity index (χ4n) is 4.37. The third-order valence-corrected chi connectivity index (χ3v) is 7.11. The Kier molecular flexibility index (Phi) is 15.8. The summed E-state index contributed by atoms with van der Waals surface area (Å²) in [5.41, 5.74) is 5.62. The molecule has 0 saturated carbocycles. The molecule has 0 saturated heterocycles. The van der Waals surface area contributed by atoms with E-state index in [1.807, 2.05) is 123 Å². The second kappa shape index (κ2) is 20.3. The molecule has 0 amide bonds. The van der Waals surface area contributed by atoms with E-state index in [-0.39, 0.29) is 7.43 Å². The van der Waals surface area contributed by atoms with Crippen molar-refractivity contribution in [2.75, 3.05) is 23.4 Å². The Bertz CT molecular complexity index is 1540. The molecule has 0 atom stereocenters. The summed E-state index contributed by atoms with van der Waals surface area (Å²) in [6, 6.07) is 57.3. The average molecular weight is 723 g/mol.